The van der Waals surface area contributed by atoms with Crippen LogP contribution in [0.5, 0.6) is 5.75 Å². The Bertz CT molecular complexity index is 413. The molecule has 1 aromatic rings. The minimum Gasteiger partial charge on any atom is -0.489 e. The van der Waals surface area contributed by atoms with E-state index in [0.29, 0.717) is 6.04 Å². The molecule has 0 aliphatic heterocycles. The Morgan fingerprint density at radius 2 is 2.11 bits per heavy atom. The summed E-state index contributed by atoms with van der Waals surface area (Å²) in [5.41, 5.74) is 8.24. The van der Waals surface area contributed by atoms with Gasteiger partial charge in [-0.05, 0) is 45.2 Å². The van der Waals surface area contributed by atoms with E-state index >= 15 is 0 Å². The van der Waals surface area contributed by atoms with E-state index in [1.807, 2.05) is 26.0 Å². The van der Waals surface area contributed by atoms with Crippen LogP contribution in [0.4, 0.5) is 11.4 Å². The molecule has 1 aromatic carbocycles. The lowest BCUT2D eigenvalue weighted by Gasteiger charge is -2.27. The maximum absolute atomic E-state index is 6.30. The zero-order valence-electron chi connectivity index (χ0n) is 12.4. The van der Waals surface area contributed by atoms with Gasteiger partial charge in [0.05, 0.1) is 17.5 Å². The first-order valence-corrected chi connectivity index (χ1v) is 7.45. The van der Waals surface area contributed by atoms with Crippen molar-refractivity contribution in [2.75, 3.05) is 17.2 Å². The molecular weight excluding hydrogens is 236 g/mol. The van der Waals surface area contributed by atoms with E-state index in [-0.39, 0.29) is 6.10 Å². The van der Waals surface area contributed by atoms with Gasteiger partial charge >= 0.3 is 0 Å². The zero-order chi connectivity index (χ0) is 13.8. The lowest BCUT2D eigenvalue weighted by Crippen LogP contribution is -2.27. The summed E-state index contributed by atoms with van der Waals surface area (Å²) >= 11 is 0. The number of nitrogen functional groups attached to an aromatic ring is 1. The molecule has 0 atom stereocenters. The van der Waals surface area contributed by atoms with Crippen LogP contribution in [0, 0.1) is 0 Å². The number of benzene rings is 1. The number of ether oxygens (including phenoxy) is 1. The number of rotatable bonds is 7. The maximum atomic E-state index is 6.30. The highest BCUT2D eigenvalue weighted by molar-refractivity contribution is 5.74. The molecule has 1 fully saturated rings. The van der Waals surface area contributed by atoms with Crippen molar-refractivity contribution in [2.45, 2.75) is 58.6 Å². The molecule has 0 saturated heterocycles. The quantitative estimate of drug-likeness (QED) is 0.759. The third kappa shape index (κ3) is 3.55. The molecule has 1 saturated carbocycles. The Labute approximate surface area is 116 Å². The highest BCUT2D eigenvalue weighted by Crippen LogP contribution is 2.39. The molecule has 3 nitrogen and oxygen atoms in total. The third-order valence-electron chi connectivity index (χ3n) is 3.46. The van der Waals surface area contributed by atoms with E-state index in [1.54, 1.807) is 0 Å². The van der Waals surface area contributed by atoms with Gasteiger partial charge < -0.3 is 15.4 Å². The lowest BCUT2D eigenvalue weighted by molar-refractivity contribution is 0.244. The fourth-order valence-corrected chi connectivity index (χ4v) is 2.35. The molecule has 0 unspecified atom stereocenters. The van der Waals surface area contributed by atoms with Gasteiger partial charge in [0.25, 0.3) is 0 Å². The van der Waals surface area contributed by atoms with Crippen molar-refractivity contribution in [2.24, 2.45) is 0 Å². The molecule has 0 heterocycles. The van der Waals surface area contributed by atoms with E-state index in [9.17, 15) is 0 Å². The predicted octanol–water partition coefficient (Wildman–Crippen LogP) is 3.82. The Hall–Kier alpha value is -1.38. The van der Waals surface area contributed by atoms with Crippen LogP contribution in [-0.2, 0) is 0 Å². The van der Waals surface area contributed by atoms with Gasteiger partial charge in [-0.15, -0.1) is 0 Å². The molecule has 2 rings (SSSR count). The molecule has 0 amide bonds. The standard InChI is InChI=1S/C16H26N2O/c1-4-5-11-18(13-9-10-13)14-7-6-8-15(16(14)17)19-12(2)3/h6-8,12-13H,4-5,9-11,17H2,1-3H3. The minimum absolute atomic E-state index is 0.155. The van der Waals surface area contributed by atoms with Crippen LogP contribution in [0.1, 0.15) is 46.5 Å². The molecule has 0 aromatic heterocycles. The molecule has 3 heteroatoms. The van der Waals surface area contributed by atoms with Crippen LogP contribution in [0.15, 0.2) is 18.2 Å². The van der Waals surface area contributed by atoms with Gasteiger partial charge in [-0.25, -0.2) is 0 Å². The van der Waals surface area contributed by atoms with Crippen LogP contribution in [0.3, 0.4) is 0 Å². The highest BCUT2D eigenvalue weighted by atomic mass is 16.5. The van der Waals surface area contributed by atoms with Gasteiger partial charge in [0.2, 0.25) is 0 Å². The second-order valence-corrected chi connectivity index (χ2v) is 5.63. The van der Waals surface area contributed by atoms with Crippen molar-refractivity contribution in [3.63, 3.8) is 0 Å². The first-order valence-electron chi connectivity index (χ1n) is 7.45. The van der Waals surface area contributed by atoms with Crippen LogP contribution >= 0.6 is 0 Å². The van der Waals surface area contributed by atoms with Gasteiger partial charge in [0.15, 0.2) is 0 Å². The molecule has 1 aliphatic rings. The van der Waals surface area contributed by atoms with Crippen molar-refractivity contribution in [3.05, 3.63) is 18.2 Å². The van der Waals surface area contributed by atoms with Gasteiger partial charge in [0, 0.05) is 12.6 Å². The Kier molecular flexibility index (Phi) is 4.56. The van der Waals surface area contributed by atoms with E-state index < -0.39 is 0 Å². The van der Waals surface area contributed by atoms with E-state index in [1.165, 1.54) is 25.7 Å². The maximum Gasteiger partial charge on any atom is 0.144 e. The first-order chi connectivity index (χ1) is 9.13. The monoisotopic (exact) mass is 262 g/mol. The number of nitrogens with two attached hydrogens (primary N) is 1. The average molecular weight is 262 g/mol. The SMILES string of the molecule is CCCCN(c1cccc(OC(C)C)c1N)C1CC1. The summed E-state index contributed by atoms with van der Waals surface area (Å²) in [4.78, 5) is 2.46. The topological polar surface area (TPSA) is 38.5 Å². The zero-order valence-corrected chi connectivity index (χ0v) is 12.4. The van der Waals surface area contributed by atoms with Crippen molar-refractivity contribution in [1.82, 2.24) is 0 Å². The number of hydrogen-bond acceptors (Lipinski definition) is 3. The van der Waals surface area contributed by atoms with Gasteiger partial charge in [-0.2, -0.15) is 0 Å². The highest BCUT2D eigenvalue weighted by Gasteiger charge is 2.30. The normalized spacial score (nSPS) is 14.7. The Balaban J connectivity index is 2.21. The van der Waals surface area contributed by atoms with Crippen LogP contribution < -0.4 is 15.4 Å². The largest absolute Gasteiger partial charge is 0.489 e. The third-order valence-corrected chi connectivity index (χ3v) is 3.46. The molecule has 1 aliphatic carbocycles. The summed E-state index contributed by atoms with van der Waals surface area (Å²) in [5, 5.41) is 0. The minimum atomic E-state index is 0.155. The lowest BCUT2D eigenvalue weighted by atomic mass is 10.2. The fourth-order valence-electron chi connectivity index (χ4n) is 2.35. The Morgan fingerprint density at radius 3 is 2.68 bits per heavy atom. The second-order valence-electron chi connectivity index (χ2n) is 5.63. The molecule has 19 heavy (non-hydrogen) atoms. The van der Waals surface area contributed by atoms with Gasteiger partial charge in [0.1, 0.15) is 5.75 Å². The smallest absolute Gasteiger partial charge is 0.144 e. The van der Waals surface area contributed by atoms with E-state index in [4.69, 9.17) is 10.5 Å². The van der Waals surface area contributed by atoms with Crippen LogP contribution in [0.2, 0.25) is 0 Å². The molecule has 0 bridgehead atoms. The summed E-state index contributed by atoms with van der Waals surface area (Å²) in [5.74, 6) is 0.814. The van der Waals surface area contributed by atoms with E-state index in [0.717, 1.165) is 23.7 Å². The van der Waals surface area contributed by atoms with Crippen molar-refractivity contribution < 1.29 is 4.74 Å². The number of nitrogens with zero attached hydrogens (tertiary/aromatic N) is 1. The molecule has 0 radical (unpaired) electrons. The van der Waals surface area contributed by atoms with Crippen molar-refractivity contribution in [1.29, 1.82) is 0 Å². The van der Waals surface area contributed by atoms with Crippen molar-refractivity contribution >= 4 is 11.4 Å². The Morgan fingerprint density at radius 1 is 1.37 bits per heavy atom. The predicted molar refractivity (Wildman–Crippen MR) is 81.9 cm³/mol. The van der Waals surface area contributed by atoms with E-state index in [2.05, 4.69) is 17.9 Å². The van der Waals surface area contributed by atoms with Crippen molar-refractivity contribution in [3.8, 4) is 5.75 Å². The first kappa shape index (κ1) is 14.0. The number of unbranched alkanes of at least 4 members (excludes halogenated alkanes) is 1. The fraction of sp³-hybridized carbons (Fsp3) is 0.625. The molecule has 106 valence electrons. The van der Waals surface area contributed by atoms with Gasteiger partial charge in [-0.3, -0.25) is 0 Å². The summed E-state index contributed by atoms with van der Waals surface area (Å²) in [6, 6.07) is 6.81. The summed E-state index contributed by atoms with van der Waals surface area (Å²) in [6.07, 6.45) is 5.16. The molecule has 0 spiro atoms. The summed E-state index contributed by atoms with van der Waals surface area (Å²) in [6.45, 7) is 7.38. The average Bonchev–Trinajstić information content (AvgIpc) is 3.18. The number of hydrogen-bond donors (Lipinski definition) is 1. The van der Waals surface area contributed by atoms with Gasteiger partial charge in [-0.1, -0.05) is 19.4 Å². The van der Waals surface area contributed by atoms with Crippen LogP contribution in [-0.4, -0.2) is 18.7 Å². The molecular formula is C16H26N2O. The molecule has 2 N–H and O–H groups in total. The number of para-hydroxylation sites is 1. The second kappa shape index (κ2) is 6.18. The summed E-state index contributed by atoms with van der Waals surface area (Å²) < 4.78 is 5.79. The number of anilines is 2. The van der Waals surface area contributed by atoms with Crippen LogP contribution in [0.25, 0.3) is 0 Å². The summed E-state index contributed by atoms with van der Waals surface area (Å²) in [7, 11) is 0.